The van der Waals surface area contributed by atoms with Crippen LogP contribution in [0.1, 0.15) is 47.8 Å². The van der Waals surface area contributed by atoms with Gasteiger partial charge in [-0.3, -0.25) is 14.4 Å². The Kier molecular flexibility index (Phi) is 7.06. The first kappa shape index (κ1) is 31.1. The molecule has 0 N–H and O–H groups in total. The minimum Gasteiger partial charge on any atom is -0.289 e. The Morgan fingerprint density at radius 2 is 0.500 bits per heavy atom. The standard InChI is InChI=1S/C45H24N6O3/c52-43(25-10-4-1-5-11-25)28-16-19-31-34(22-28)49-40-37(46-31)38-41(50-35-23-29(17-20-32(35)47-38)44(53)26-12-6-2-7-13-26)42-39(40)48-33-21-18-30(24-36(33)51-42)45(54)27-14-8-3-9-15-27/h1-24H. The molecule has 0 saturated carbocycles. The summed E-state index contributed by atoms with van der Waals surface area (Å²) in [6.45, 7) is 0. The Morgan fingerprint density at radius 3 is 0.759 bits per heavy atom. The average Bonchev–Trinajstić information content (AvgIpc) is 3.24. The van der Waals surface area contributed by atoms with Gasteiger partial charge >= 0.3 is 0 Å². The van der Waals surface area contributed by atoms with Crippen LogP contribution in [0.5, 0.6) is 0 Å². The molecule has 0 saturated heterocycles. The van der Waals surface area contributed by atoms with Gasteiger partial charge in [0.15, 0.2) is 17.3 Å². The number of hydrogen-bond donors (Lipinski definition) is 0. The zero-order valence-electron chi connectivity index (χ0n) is 28.3. The van der Waals surface area contributed by atoms with E-state index in [1.54, 1.807) is 91.0 Å². The maximum absolute atomic E-state index is 13.4. The van der Waals surface area contributed by atoms with Gasteiger partial charge < -0.3 is 0 Å². The van der Waals surface area contributed by atoms with E-state index in [4.69, 9.17) is 29.9 Å². The van der Waals surface area contributed by atoms with Crippen molar-refractivity contribution in [2.75, 3.05) is 0 Å². The number of carbonyl (C=O) groups is 3. The van der Waals surface area contributed by atoms with E-state index in [9.17, 15) is 14.4 Å². The second-order valence-electron chi connectivity index (χ2n) is 13.0. The Morgan fingerprint density at radius 1 is 0.259 bits per heavy atom. The third-order valence-corrected chi connectivity index (χ3v) is 9.56. The fourth-order valence-corrected chi connectivity index (χ4v) is 6.85. The van der Waals surface area contributed by atoms with E-state index in [0.717, 1.165) is 0 Å². The van der Waals surface area contributed by atoms with Crippen LogP contribution in [0.2, 0.25) is 0 Å². The van der Waals surface area contributed by atoms with E-state index >= 15 is 0 Å². The summed E-state index contributed by atoms with van der Waals surface area (Å²) in [6, 6.07) is 43.0. The van der Waals surface area contributed by atoms with Crippen molar-refractivity contribution in [1.82, 2.24) is 29.9 Å². The first-order valence-electron chi connectivity index (χ1n) is 17.2. The van der Waals surface area contributed by atoms with E-state index in [1.165, 1.54) is 0 Å². The molecule has 10 aromatic rings. The molecule has 0 amide bonds. The summed E-state index contributed by atoms with van der Waals surface area (Å²) < 4.78 is 0. The molecule has 0 atom stereocenters. The molecule has 0 radical (unpaired) electrons. The van der Waals surface area contributed by atoms with Gasteiger partial charge in [0.25, 0.3) is 0 Å². The van der Waals surface area contributed by atoms with Crippen LogP contribution >= 0.6 is 0 Å². The highest BCUT2D eigenvalue weighted by atomic mass is 16.1. The van der Waals surface area contributed by atoms with Crippen LogP contribution in [-0.4, -0.2) is 47.3 Å². The molecule has 10 rings (SSSR count). The number of nitrogens with zero attached hydrogens (tertiary/aromatic N) is 6. The van der Waals surface area contributed by atoms with Gasteiger partial charge in [-0.15, -0.1) is 0 Å². The number of aromatic nitrogens is 6. The summed E-state index contributed by atoms with van der Waals surface area (Å²) in [5, 5.41) is 0. The molecular weight excluding hydrogens is 673 g/mol. The molecule has 0 aliphatic heterocycles. The minimum absolute atomic E-state index is 0.128. The van der Waals surface area contributed by atoms with Crippen molar-refractivity contribution in [3.05, 3.63) is 179 Å². The lowest BCUT2D eigenvalue weighted by molar-refractivity contribution is 0.103. The average molecular weight is 697 g/mol. The van der Waals surface area contributed by atoms with Crippen molar-refractivity contribution >= 4 is 83.6 Å². The number of hydrogen-bond acceptors (Lipinski definition) is 9. The normalized spacial score (nSPS) is 11.6. The first-order chi connectivity index (χ1) is 26.5. The van der Waals surface area contributed by atoms with Gasteiger partial charge in [0, 0.05) is 33.4 Å². The van der Waals surface area contributed by atoms with Crippen molar-refractivity contribution in [2.24, 2.45) is 0 Å². The second-order valence-corrected chi connectivity index (χ2v) is 13.0. The summed E-state index contributed by atoms with van der Waals surface area (Å²) in [4.78, 5) is 70.5. The Labute approximate surface area is 306 Å². The van der Waals surface area contributed by atoms with Gasteiger partial charge in [-0.25, -0.2) is 29.9 Å². The van der Waals surface area contributed by atoms with Gasteiger partial charge in [-0.2, -0.15) is 0 Å². The van der Waals surface area contributed by atoms with E-state index in [-0.39, 0.29) is 17.3 Å². The van der Waals surface area contributed by atoms with Crippen LogP contribution in [0.25, 0.3) is 66.2 Å². The number of fused-ring (bicyclic) bond motifs is 9. The smallest absolute Gasteiger partial charge is 0.193 e. The monoisotopic (exact) mass is 696 g/mol. The Hall–Kier alpha value is -7.65. The molecule has 3 aromatic heterocycles. The van der Waals surface area contributed by atoms with Gasteiger partial charge in [-0.05, 0) is 54.6 Å². The molecule has 0 unspecified atom stereocenters. The molecule has 3 heterocycles. The fraction of sp³-hybridized carbons (Fsp3) is 0. The maximum Gasteiger partial charge on any atom is 0.193 e. The van der Waals surface area contributed by atoms with Crippen molar-refractivity contribution in [2.45, 2.75) is 0 Å². The summed E-state index contributed by atoms with van der Waals surface area (Å²) in [5.41, 5.74) is 8.92. The third kappa shape index (κ3) is 5.14. The quantitative estimate of drug-likeness (QED) is 0.0953. The van der Waals surface area contributed by atoms with Crippen molar-refractivity contribution < 1.29 is 14.4 Å². The zero-order valence-corrected chi connectivity index (χ0v) is 28.3. The Balaban J connectivity index is 1.23. The van der Waals surface area contributed by atoms with Gasteiger partial charge in [-0.1, -0.05) is 91.0 Å². The van der Waals surface area contributed by atoms with Crippen molar-refractivity contribution in [1.29, 1.82) is 0 Å². The molecule has 0 aliphatic carbocycles. The summed E-state index contributed by atoms with van der Waals surface area (Å²) >= 11 is 0. The van der Waals surface area contributed by atoms with Crippen LogP contribution in [0, 0.1) is 0 Å². The largest absolute Gasteiger partial charge is 0.289 e. The molecule has 9 heteroatoms. The molecule has 54 heavy (non-hydrogen) atoms. The highest BCUT2D eigenvalue weighted by molar-refractivity contribution is 6.22. The van der Waals surface area contributed by atoms with Gasteiger partial charge in [0.1, 0.15) is 33.1 Å². The number of benzene rings is 7. The second kappa shape index (κ2) is 12.2. The van der Waals surface area contributed by atoms with Gasteiger partial charge in [0.05, 0.1) is 33.1 Å². The molecule has 9 nitrogen and oxygen atoms in total. The molecule has 252 valence electrons. The lowest BCUT2D eigenvalue weighted by Crippen LogP contribution is -2.04. The highest BCUT2D eigenvalue weighted by Gasteiger charge is 2.21. The van der Waals surface area contributed by atoms with Crippen LogP contribution in [0.3, 0.4) is 0 Å². The maximum atomic E-state index is 13.4. The van der Waals surface area contributed by atoms with Crippen LogP contribution < -0.4 is 0 Å². The Bertz CT molecular complexity index is 3210. The lowest BCUT2D eigenvalue weighted by Gasteiger charge is -2.11. The predicted octanol–water partition coefficient (Wildman–Crippen LogP) is 8.67. The summed E-state index contributed by atoms with van der Waals surface area (Å²) in [5.74, 6) is -0.397. The number of ketones is 3. The highest BCUT2D eigenvalue weighted by Crippen LogP contribution is 2.34. The SMILES string of the molecule is O=C(c1ccccc1)c1ccc2nc3c4nc5ccc(C(=O)c6ccccc6)cc5nc4c4nc5cc(C(=O)c6ccccc6)ccc5nc4c3nc2c1. The minimum atomic E-state index is -0.137. The van der Waals surface area contributed by atoms with E-state index in [1.807, 2.05) is 54.6 Å². The molecule has 0 spiro atoms. The lowest BCUT2D eigenvalue weighted by atomic mass is 10.0. The first-order valence-corrected chi connectivity index (χ1v) is 17.2. The van der Waals surface area contributed by atoms with Crippen LogP contribution in [-0.2, 0) is 0 Å². The predicted molar refractivity (Wildman–Crippen MR) is 208 cm³/mol. The van der Waals surface area contributed by atoms with Gasteiger partial charge in [0.2, 0.25) is 0 Å². The van der Waals surface area contributed by atoms with Crippen LogP contribution in [0.15, 0.2) is 146 Å². The number of carbonyl (C=O) groups excluding carboxylic acids is 3. The third-order valence-electron chi connectivity index (χ3n) is 9.56. The van der Waals surface area contributed by atoms with Crippen molar-refractivity contribution in [3.8, 4) is 0 Å². The fourth-order valence-electron chi connectivity index (χ4n) is 6.85. The summed E-state index contributed by atoms with van der Waals surface area (Å²) in [6.07, 6.45) is 0. The molecule has 0 aliphatic rings. The molecule has 0 fully saturated rings. The molecule has 0 bridgehead atoms. The summed E-state index contributed by atoms with van der Waals surface area (Å²) in [7, 11) is 0. The number of rotatable bonds is 6. The van der Waals surface area contributed by atoms with Crippen LogP contribution in [0.4, 0.5) is 0 Å². The van der Waals surface area contributed by atoms with E-state index in [0.29, 0.717) is 99.6 Å². The molecular formula is C45H24N6O3. The van der Waals surface area contributed by atoms with E-state index < -0.39 is 0 Å². The van der Waals surface area contributed by atoms with Crippen molar-refractivity contribution in [3.63, 3.8) is 0 Å². The molecule has 7 aromatic carbocycles. The topological polar surface area (TPSA) is 129 Å². The zero-order chi connectivity index (χ0) is 36.3. The van der Waals surface area contributed by atoms with E-state index in [2.05, 4.69) is 0 Å².